The van der Waals surface area contributed by atoms with E-state index in [-0.39, 0.29) is 23.0 Å². The van der Waals surface area contributed by atoms with Gasteiger partial charge in [0.2, 0.25) is 0 Å². The van der Waals surface area contributed by atoms with E-state index in [2.05, 4.69) is 11.8 Å². The van der Waals surface area contributed by atoms with E-state index in [1.165, 1.54) is 12.1 Å². The lowest BCUT2D eigenvalue weighted by atomic mass is 9.78. The maximum atomic E-state index is 14.2. The fourth-order valence-electron chi connectivity index (χ4n) is 4.02. The van der Waals surface area contributed by atoms with Gasteiger partial charge in [-0.3, -0.25) is 0 Å². The number of hydrogen-bond donors (Lipinski definition) is 0. The predicted molar refractivity (Wildman–Crippen MR) is 103 cm³/mol. The second kappa shape index (κ2) is 9.33. The Kier molecular flexibility index (Phi) is 6.98. The molecule has 2 aromatic rings. The van der Waals surface area contributed by atoms with Crippen molar-refractivity contribution in [3.8, 4) is 11.8 Å². The molecule has 0 unspecified atom stereocenters. The van der Waals surface area contributed by atoms with Crippen LogP contribution in [0.4, 0.5) is 30.7 Å². The third-order valence-corrected chi connectivity index (χ3v) is 5.59. The van der Waals surface area contributed by atoms with Gasteiger partial charge in [0.05, 0.1) is 5.56 Å². The summed E-state index contributed by atoms with van der Waals surface area (Å²) in [5.41, 5.74) is -1.42. The zero-order chi connectivity index (χ0) is 22.8. The van der Waals surface area contributed by atoms with Crippen molar-refractivity contribution < 1.29 is 30.7 Å². The largest absolute Gasteiger partial charge is 0.422 e. The van der Waals surface area contributed by atoms with E-state index < -0.39 is 35.0 Å². The number of alkyl halides is 3. The van der Waals surface area contributed by atoms with Gasteiger partial charge in [-0.05, 0) is 73.4 Å². The van der Waals surface area contributed by atoms with Crippen LogP contribution in [0.15, 0.2) is 24.3 Å². The molecule has 3 rings (SSSR count). The molecule has 0 saturated heterocycles. The molecule has 0 aromatic heterocycles. The van der Waals surface area contributed by atoms with Crippen LogP contribution in [0.5, 0.6) is 0 Å². The Morgan fingerprint density at radius 1 is 0.839 bits per heavy atom. The average Bonchev–Trinajstić information content (AvgIpc) is 2.66. The molecule has 1 saturated carbocycles. The molecular formula is C24H21F7. The molecule has 0 aliphatic heterocycles. The van der Waals surface area contributed by atoms with Gasteiger partial charge in [-0.15, -0.1) is 0 Å². The van der Waals surface area contributed by atoms with Crippen LogP contribution in [0.2, 0.25) is 0 Å². The second-order valence-corrected chi connectivity index (χ2v) is 7.86. The lowest BCUT2D eigenvalue weighted by Gasteiger charge is -2.26. The van der Waals surface area contributed by atoms with Gasteiger partial charge < -0.3 is 0 Å². The first-order valence-electron chi connectivity index (χ1n) is 10.2. The van der Waals surface area contributed by atoms with Gasteiger partial charge in [0.25, 0.3) is 0 Å². The summed E-state index contributed by atoms with van der Waals surface area (Å²) in [6.45, 7) is 1.91. The van der Waals surface area contributed by atoms with Crippen molar-refractivity contribution in [1.29, 1.82) is 0 Å². The molecule has 0 N–H and O–H groups in total. The Bertz CT molecular complexity index is 957. The number of hydrogen-bond acceptors (Lipinski definition) is 0. The standard InChI is InChI=1S/C24H21F7/c1-2-3-15-10-19(25)18(20(26)11-15)9-6-14-4-7-16(8-5-14)17-12-21(27)23(22(28)13-17)24(29,30)31/h10-14,16H,2-5,7-8H2,1H3/t14-,16-. The van der Waals surface area contributed by atoms with Gasteiger partial charge in [0.1, 0.15) is 28.8 Å². The Morgan fingerprint density at radius 2 is 1.39 bits per heavy atom. The van der Waals surface area contributed by atoms with E-state index >= 15 is 0 Å². The Hall–Kier alpha value is -2.49. The molecule has 0 nitrogen and oxygen atoms in total. The van der Waals surface area contributed by atoms with E-state index in [1.54, 1.807) is 0 Å². The minimum Gasteiger partial charge on any atom is -0.206 e. The normalized spacial score (nSPS) is 19.1. The maximum absolute atomic E-state index is 14.2. The van der Waals surface area contributed by atoms with Crippen molar-refractivity contribution >= 4 is 0 Å². The molecule has 0 atom stereocenters. The SMILES string of the molecule is CCCc1cc(F)c(C#C[C@H]2CC[C@H](c3cc(F)c(C(F)(F)F)c(F)c3)CC2)c(F)c1. The molecule has 0 heterocycles. The third kappa shape index (κ3) is 5.41. The third-order valence-electron chi connectivity index (χ3n) is 5.59. The summed E-state index contributed by atoms with van der Waals surface area (Å²) < 4.78 is 94.2. The van der Waals surface area contributed by atoms with Crippen LogP contribution < -0.4 is 0 Å². The van der Waals surface area contributed by atoms with Crippen LogP contribution in [-0.2, 0) is 12.6 Å². The van der Waals surface area contributed by atoms with Gasteiger partial charge in [-0.25, -0.2) is 17.6 Å². The highest BCUT2D eigenvalue weighted by Gasteiger charge is 2.38. The quantitative estimate of drug-likeness (QED) is 0.340. The maximum Gasteiger partial charge on any atom is 0.422 e. The molecule has 1 aliphatic carbocycles. The van der Waals surface area contributed by atoms with Crippen molar-refractivity contribution in [2.45, 2.75) is 57.5 Å². The van der Waals surface area contributed by atoms with Crippen molar-refractivity contribution in [2.24, 2.45) is 5.92 Å². The molecule has 31 heavy (non-hydrogen) atoms. The van der Waals surface area contributed by atoms with E-state index in [1.807, 2.05) is 6.92 Å². The first-order valence-corrected chi connectivity index (χ1v) is 10.2. The van der Waals surface area contributed by atoms with E-state index in [4.69, 9.17) is 0 Å². The number of halogens is 7. The first-order chi connectivity index (χ1) is 14.6. The molecule has 0 bridgehead atoms. The highest BCUT2D eigenvalue weighted by molar-refractivity contribution is 5.40. The molecule has 0 amide bonds. The summed E-state index contributed by atoms with van der Waals surface area (Å²) in [6, 6.07) is 4.04. The number of rotatable bonds is 3. The molecule has 166 valence electrons. The van der Waals surface area contributed by atoms with E-state index in [0.29, 0.717) is 37.7 Å². The highest BCUT2D eigenvalue weighted by atomic mass is 19.4. The zero-order valence-corrected chi connectivity index (χ0v) is 16.9. The fourth-order valence-corrected chi connectivity index (χ4v) is 4.02. The fraction of sp³-hybridized carbons (Fsp3) is 0.417. The Labute approximate surface area is 176 Å². The number of benzene rings is 2. The first kappa shape index (κ1) is 23.2. The predicted octanol–water partition coefficient (Wildman–Crippen LogP) is 7.54. The molecule has 0 radical (unpaired) electrons. The average molecular weight is 442 g/mol. The van der Waals surface area contributed by atoms with Gasteiger partial charge in [0.15, 0.2) is 0 Å². The van der Waals surface area contributed by atoms with Crippen LogP contribution in [0.25, 0.3) is 0 Å². The van der Waals surface area contributed by atoms with Crippen LogP contribution in [0.1, 0.15) is 67.2 Å². The van der Waals surface area contributed by atoms with Crippen LogP contribution in [0.3, 0.4) is 0 Å². The number of aryl methyl sites for hydroxylation is 1. The lowest BCUT2D eigenvalue weighted by molar-refractivity contribution is -0.142. The lowest BCUT2D eigenvalue weighted by Crippen LogP contribution is -2.15. The van der Waals surface area contributed by atoms with Gasteiger partial charge in [0, 0.05) is 5.92 Å². The molecular weight excluding hydrogens is 421 g/mol. The molecule has 1 fully saturated rings. The van der Waals surface area contributed by atoms with E-state index in [9.17, 15) is 30.7 Å². The summed E-state index contributed by atoms with van der Waals surface area (Å²) in [7, 11) is 0. The van der Waals surface area contributed by atoms with Gasteiger partial charge >= 0.3 is 6.18 Å². The second-order valence-electron chi connectivity index (χ2n) is 7.86. The van der Waals surface area contributed by atoms with Crippen molar-refractivity contribution in [3.63, 3.8) is 0 Å². The van der Waals surface area contributed by atoms with Crippen molar-refractivity contribution in [3.05, 3.63) is 69.8 Å². The van der Waals surface area contributed by atoms with Crippen LogP contribution in [0, 0.1) is 41.0 Å². The minimum absolute atomic E-state index is 0.158. The van der Waals surface area contributed by atoms with E-state index in [0.717, 1.165) is 18.6 Å². The highest BCUT2D eigenvalue weighted by Crippen LogP contribution is 2.39. The Balaban J connectivity index is 1.69. The zero-order valence-electron chi connectivity index (χ0n) is 16.9. The van der Waals surface area contributed by atoms with Gasteiger partial charge in [-0.2, -0.15) is 13.2 Å². The molecule has 7 heteroatoms. The summed E-state index contributed by atoms with van der Waals surface area (Å²) >= 11 is 0. The molecule has 0 spiro atoms. The summed E-state index contributed by atoms with van der Waals surface area (Å²) in [5, 5.41) is 0. The van der Waals surface area contributed by atoms with Crippen LogP contribution >= 0.6 is 0 Å². The topological polar surface area (TPSA) is 0 Å². The molecule has 1 aliphatic rings. The monoisotopic (exact) mass is 442 g/mol. The Morgan fingerprint density at radius 3 is 1.87 bits per heavy atom. The molecule has 2 aromatic carbocycles. The van der Waals surface area contributed by atoms with Crippen LogP contribution in [-0.4, -0.2) is 0 Å². The summed E-state index contributed by atoms with van der Waals surface area (Å²) in [4.78, 5) is 0. The van der Waals surface area contributed by atoms with Crippen molar-refractivity contribution in [2.75, 3.05) is 0 Å². The smallest absolute Gasteiger partial charge is 0.206 e. The summed E-state index contributed by atoms with van der Waals surface area (Å²) in [6.07, 6.45) is -1.82. The minimum atomic E-state index is -5.10. The van der Waals surface area contributed by atoms with Crippen molar-refractivity contribution in [1.82, 2.24) is 0 Å². The van der Waals surface area contributed by atoms with Gasteiger partial charge in [-0.1, -0.05) is 25.2 Å². The summed E-state index contributed by atoms with van der Waals surface area (Å²) in [5.74, 6) is 0.320.